The summed E-state index contributed by atoms with van der Waals surface area (Å²) in [6.45, 7) is 1.24. The molecular weight excluding hydrogens is 281 g/mol. The van der Waals surface area contributed by atoms with Gasteiger partial charge in [0.25, 0.3) is 0 Å². The minimum atomic E-state index is -0.570. The van der Waals surface area contributed by atoms with Crippen LogP contribution in [0, 0.1) is 6.92 Å². The first kappa shape index (κ1) is 14.5. The van der Waals surface area contributed by atoms with Gasteiger partial charge >= 0.3 is 0 Å². The van der Waals surface area contributed by atoms with Crippen LogP contribution in [0.1, 0.15) is 15.4 Å². The number of ether oxygens (including phenoxy) is 2. The van der Waals surface area contributed by atoms with Crippen LogP contribution in [0.25, 0.3) is 10.6 Å². The largest absolute Gasteiger partial charge is 0.493 e. The van der Waals surface area contributed by atoms with E-state index in [0.717, 1.165) is 21.7 Å². The molecule has 0 saturated heterocycles. The van der Waals surface area contributed by atoms with Gasteiger partial charge in [0.15, 0.2) is 17.8 Å². The zero-order valence-corrected chi connectivity index (χ0v) is 12.0. The number of aromatic nitrogens is 1. The molecule has 0 aliphatic carbocycles. The molecule has 2 aromatic rings. The predicted molar refractivity (Wildman–Crippen MR) is 75.7 cm³/mol. The van der Waals surface area contributed by atoms with Gasteiger partial charge in [0.05, 0.1) is 7.11 Å². The Bertz CT molecular complexity index is 612. The Balaban J connectivity index is 2.38. The van der Waals surface area contributed by atoms with Crippen molar-refractivity contribution in [1.82, 2.24) is 4.98 Å². The highest BCUT2D eigenvalue weighted by molar-refractivity contribution is 7.15. The quantitative estimate of drug-likeness (QED) is 0.767. The van der Waals surface area contributed by atoms with Crippen molar-refractivity contribution in [2.45, 2.75) is 6.92 Å². The van der Waals surface area contributed by atoms with E-state index in [4.69, 9.17) is 9.47 Å². The van der Waals surface area contributed by atoms with E-state index in [1.807, 2.05) is 13.0 Å². The number of methoxy groups -OCH3 is 1. The Labute approximate surface area is 120 Å². The van der Waals surface area contributed by atoms with Crippen LogP contribution < -0.4 is 9.47 Å². The molecule has 0 bridgehead atoms. The molecule has 4 nitrogen and oxygen atoms in total. The summed E-state index contributed by atoms with van der Waals surface area (Å²) in [4.78, 5) is 16.0. The van der Waals surface area contributed by atoms with Gasteiger partial charge in [-0.25, -0.2) is 9.37 Å². The van der Waals surface area contributed by atoms with Gasteiger partial charge in [-0.1, -0.05) is 0 Å². The van der Waals surface area contributed by atoms with Crippen molar-refractivity contribution in [1.29, 1.82) is 0 Å². The average molecular weight is 295 g/mol. The average Bonchev–Trinajstić information content (AvgIpc) is 2.85. The first-order valence-corrected chi connectivity index (χ1v) is 6.81. The third-order valence-corrected chi connectivity index (χ3v) is 3.73. The normalized spacial score (nSPS) is 10.3. The predicted octanol–water partition coefficient (Wildman–Crippen LogP) is 3.29. The molecule has 106 valence electrons. The molecule has 0 unspecified atom stereocenters. The summed E-state index contributed by atoms with van der Waals surface area (Å²) >= 11 is 1.43. The van der Waals surface area contributed by atoms with Crippen LogP contribution >= 0.6 is 11.3 Å². The second kappa shape index (κ2) is 6.47. The topological polar surface area (TPSA) is 48.4 Å². The number of rotatable bonds is 6. The molecule has 0 radical (unpaired) electrons. The van der Waals surface area contributed by atoms with Crippen molar-refractivity contribution in [3.8, 4) is 22.1 Å². The second-order valence-corrected chi connectivity index (χ2v) is 5.18. The molecule has 1 aromatic carbocycles. The lowest BCUT2D eigenvalue weighted by Gasteiger charge is -2.10. The van der Waals surface area contributed by atoms with Gasteiger partial charge in [-0.3, -0.25) is 4.79 Å². The lowest BCUT2D eigenvalue weighted by molar-refractivity contribution is 0.111. The van der Waals surface area contributed by atoms with Crippen molar-refractivity contribution in [2.24, 2.45) is 0 Å². The SMILES string of the molecule is COc1ccc(-c2nc(C=O)c(C)s2)cc1OCCF. The number of halogens is 1. The molecule has 0 atom stereocenters. The van der Waals surface area contributed by atoms with Crippen molar-refractivity contribution in [2.75, 3.05) is 20.4 Å². The maximum absolute atomic E-state index is 12.2. The van der Waals surface area contributed by atoms with Crippen molar-refractivity contribution >= 4 is 17.6 Å². The van der Waals surface area contributed by atoms with E-state index in [2.05, 4.69) is 4.98 Å². The number of aldehydes is 1. The van der Waals surface area contributed by atoms with Crippen molar-refractivity contribution < 1.29 is 18.7 Å². The van der Waals surface area contributed by atoms with E-state index in [1.54, 1.807) is 12.1 Å². The van der Waals surface area contributed by atoms with E-state index < -0.39 is 6.67 Å². The van der Waals surface area contributed by atoms with E-state index >= 15 is 0 Å². The summed E-state index contributed by atoms with van der Waals surface area (Å²) in [6.07, 6.45) is 0.735. The molecular formula is C14H14FNO3S. The highest BCUT2D eigenvalue weighted by Gasteiger charge is 2.12. The van der Waals surface area contributed by atoms with Crippen LogP contribution in [0.2, 0.25) is 0 Å². The molecule has 20 heavy (non-hydrogen) atoms. The number of hydrogen-bond donors (Lipinski definition) is 0. The van der Waals surface area contributed by atoms with Gasteiger partial charge in [0.1, 0.15) is 24.0 Å². The van der Waals surface area contributed by atoms with Crippen LogP contribution in [0.3, 0.4) is 0 Å². The van der Waals surface area contributed by atoms with Gasteiger partial charge in [-0.2, -0.15) is 0 Å². The molecule has 0 aliphatic heterocycles. The summed E-state index contributed by atoms with van der Waals surface area (Å²) < 4.78 is 22.7. The van der Waals surface area contributed by atoms with E-state index in [9.17, 15) is 9.18 Å². The highest BCUT2D eigenvalue weighted by Crippen LogP contribution is 2.34. The Morgan fingerprint density at radius 2 is 2.20 bits per heavy atom. The third-order valence-electron chi connectivity index (χ3n) is 2.69. The third kappa shape index (κ3) is 2.96. The fourth-order valence-corrected chi connectivity index (χ4v) is 2.59. The minimum absolute atomic E-state index is 0.0315. The zero-order chi connectivity index (χ0) is 14.5. The summed E-state index contributed by atoms with van der Waals surface area (Å²) in [5, 5.41) is 0.720. The molecule has 1 aromatic heterocycles. The van der Waals surface area contributed by atoms with Gasteiger partial charge in [0.2, 0.25) is 0 Å². The van der Waals surface area contributed by atoms with Crippen LogP contribution in [-0.4, -0.2) is 31.7 Å². The van der Waals surface area contributed by atoms with E-state index in [0.29, 0.717) is 17.2 Å². The number of hydrogen-bond acceptors (Lipinski definition) is 5. The van der Waals surface area contributed by atoms with E-state index in [-0.39, 0.29) is 6.61 Å². The Hall–Kier alpha value is -1.95. The summed E-state index contributed by atoms with van der Waals surface area (Å²) in [7, 11) is 1.52. The lowest BCUT2D eigenvalue weighted by atomic mass is 10.2. The molecule has 2 rings (SSSR count). The van der Waals surface area contributed by atoms with Crippen LogP contribution in [-0.2, 0) is 0 Å². The summed E-state index contributed by atoms with van der Waals surface area (Å²) in [6, 6.07) is 5.30. The first-order chi connectivity index (χ1) is 9.69. The first-order valence-electron chi connectivity index (χ1n) is 5.99. The van der Waals surface area contributed by atoms with E-state index in [1.165, 1.54) is 18.4 Å². The molecule has 0 saturated carbocycles. The number of alkyl halides is 1. The summed E-state index contributed by atoms with van der Waals surface area (Å²) in [5.74, 6) is 0.995. The maximum Gasteiger partial charge on any atom is 0.169 e. The fourth-order valence-electron chi connectivity index (χ4n) is 1.71. The molecule has 0 N–H and O–H groups in total. The maximum atomic E-state index is 12.2. The Morgan fingerprint density at radius 3 is 2.80 bits per heavy atom. The highest BCUT2D eigenvalue weighted by atomic mass is 32.1. The molecule has 0 aliphatic rings. The van der Waals surface area contributed by atoms with Crippen molar-refractivity contribution in [3.63, 3.8) is 0 Å². The van der Waals surface area contributed by atoms with Crippen LogP contribution in [0.4, 0.5) is 4.39 Å². The smallest absolute Gasteiger partial charge is 0.169 e. The second-order valence-electron chi connectivity index (χ2n) is 3.98. The fraction of sp³-hybridized carbons (Fsp3) is 0.286. The van der Waals surface area contributed by atoms with Gasteiger partial charge < -0.3 is 9.47 Å². The molecule has 0 fully saturated rings. The monoisotopic (exact) mass is 295 g/mol. The van der Waals surface area contributed by atoms with Gasteiger partial charge in [-0.15, -0.1) is 11.3 Å². The number of aryl methyl sites for hydroxylation is 1. The summed E-state index contributed by atoms with van der Waals surface area (Å²) in [5.41, 5.74) is 1.24. The van der Waals surface area contributed by atoms with Crippen LogP contribution in [0.5, 0.6) is 11.5 Å². The number of nitrogens with zero attached hydrogens (tertiary/aromatic N) is 1. The minimum Gasteiger partial charge on any atom is -0.493 e. The van der Waals surface area contributed by atoms with Crippen LogP contribution in [0.15, 0.2) is 18.2 Å². The molecule has 6 heteroatoms. The number of benzene rings is 1. The number of thiazole rings is 1. The zero-order valence-electron chi connectivity index (χ0n) is 11.2. The Kier molecular flexibility index (Phi) is 4.68. The molecule has 0 amide bonds. The van der Waals surface area contributed by atoms with Gasteiger partial charge in [-0.05, 0) is 25.1 Å². The molecule has 0 spiro atoms. The lowest BCUT2D eigenvalue weighted by Crippen LogP contribution is -2.00. The molecule has 1 heterocycles. The van der Waals surface area contributed by atoms with Gasteiger partial charge in [0, 0.05) is 10.4 Å². The standard InChI is InChI=1S/C14H14FNO3S/c1-9-11(8-17)16-14(20-9)10-3-4-12(18-2)13(7-10)19-6-5-15/h3-4,7-8H,5-6H2,1-2H3. The number of carbonyl (C=O) groups excluding carboxylic acids is 1. The Morgan fingerprint density at radius 1 is 1.40 bits per heavy atom. The van der Waals surface area contributed by atoms with Crippen molar-refractivity contribution in [3.05, 3.63) is 28.8 Å². The number of carbonyl (C=O) groups is 1.